The van der Waals surface area contributed by atoms with E-state index in [0.717, 1.165) is 31.7 Å². The van der Waals surface area contributed by atoms with Gasteiger partial charge < -0.3 is 10.1 Å². The topological polar surface area (TPSA) is 41.6 Å². The lowest BCUT2D eigenvalue weighted by molar-refractivity contribution is -0.121. The Morgan fingerprint density at radius 1 is 1.47 bits per heavy atom. The fraction of sp³-hybridized carbons (Fsp3) is 0.533. The van der Waals surface area contributed by atoms with E-state index in [4.69, 9.17) is 4.74 Å². The minimum Gasteiger partial charge on any atom is -0.493 e. The van der Waals surface area contributed by atoms with Crippen molar-refractivity contribution in [3.63, 3.8) is 0 Å². The number of rotatable bonds is 4. The molecule has 4 nitrogen and oxygen atoms in total. The molecule has 1 amide bonds. The summed E-state index contributed by atoms with van der Waals surface area (Å²) in [5, 5.41) is 2.66. The number of carbonyl (C=O) groups is 1. The zero-order chi connectivity index (χ0) is 13.7. The molecular weight excluding hydrogens is 240 g/mol. The molecule has 0 radical (unpaired) electrons. The summed E-state index contributed by atoms with van der Waals surface area (Å²) in [5.41, 5.74) is 1.28. The van der Waals surface area contributed by atoms with E-state index in [2.05, 4.69) is 22.3 Å². The third kappa shape index (κ3) is 3.96. The fourth-order valence-corrected chi connectivity index (χ4v) is 2.55. The van der Waals surface area contributed by atoms with Gasteiger partial charge in [-0.3, -0.25) is 9.69 Å². The van der Waals surface area contributed by atoms with Crippen LogP contribution in [0, 0.1) is 5.92 Å². The van der Waals surface area contributed by atoms with E-state index in [9.17, 15) is 4.79 Å². The van der Waals surface area contributed by atoms with Gasteiger partial charge in [-0.2, -0.15) is 0 Å². The second-order valence-corrected chi connectivity index (χ2v) is 5.18. The zero-order valence-electron chi connectivity index (χ0n) is 11.7. The molecule has 1 N–H and O–H groups in total. The van der Waals surface area contributed by atoms with Crippen LogP contribution < -0.4 is 10.1 Å². The third-order valence-corrected chi connectivity index (χ3v) is 3.53. The molecule has 19 heavy (non-hydrogen) atoms. The Balaban J connectivity index is 1.93. The molecule has 0 spiro atoms. The maximum Gasteiger partial charge on any atom is 0.233 e. The van der Waals surface area contributed by atoms with E-state index in [1.807, 2.05) is 19.2 Å². The second kappa shape index (κ2) is 6.57. The van der Waals surface area contributed by atoms with Crippen molar-refractivity contribution in [2.75, 3.05) is 33.8 Å². The van der Waals surface area contributed by atoms with Crippen LogP contribution in [0.3, 0.4) is 0 Å². The summed E-state index contributed by atoms with van der Waals surface area (Å²) in [4.78, 5) is 13.4. The van der Waals surface area contributed by atoms with Crippen molar-refractivity contribution >= 4 is 5.91 Å². The molecule has 0 fully saturated rings. The van der Waals surface area contributed by atoms with E-state index >= 15 is 0 Å². The van der Waals surface area contributed by atoms with Crippen molar-refractivity contribution in [2.45, 2.75) is 12.8 Å². The van der Waals surface area contributed by atoms with Crippen LogP contribution in [0.15, 0.2) is 24.3 Å². The number of carbonyl (C=O) groups excluding carboxylic acids is 1. The van der Waals surface area contributed by atoms with Crippen molar-refractivity contribution in [3.05, 3.63) is 29.8 Å². The van der Waals surface area contributed by atoms with Crippen LogP contribution in [-0.2, 0) is 11.2 Å². The van der Waals surface area contributed by atoms with Gasteiger partial charge in [0.1, 0.15) is 5.75 Å². The van der Waals surface area contributed by atoms with Crippen molar-refractivity contribution in [1.29, 1.82) is 0 Å². The summed E-state index contributed by atoms with van der Waals surface area (Å²) in [7, 11) is 3.67. The summed E-state index contributed by atoms with van der Waals surface area (Å²) in [6.07, 6.45) is 2.06. The molecule has 0 aromatic heterocycles. The van der Waals surface area contributed by atoms with Crippen LogP contribution in [0.5, 0.6) is 5.75 Å². The number of fused-ring (bicyclic) bond motifs is 1. The molecule has 104 valence electrons. The van der Waals surface area contributed by atoms with E-state index in [1.54, 1.807) is 7.05 Å². The van der Waals surface area contributed by atoms with Gasteiger partial charge in [-0.05, 0) is 37.4 Å². The zero-order valence-corrected chi connectivity index (χ0v) is 11.7. The number of benzene rings is 1. The average molecular weight is 262 g/mol. The Morgan fingerprint density at radius 2 is 2.26 bits per heavy atom. The lowest BCUT2D eigenvalue weighted by atomic mass is 9.96. The minimum atomic E-state index is 0.0628. The van der Waals surface area contributed by atoms with Crippen molar-refractivity contribution in [3.8, 4) is 5.75 Å². The van der Waals surface area contributed by atoms with Crippen LogP contribution in [0.25, 0.3) is 0 Å². The first kappa shape index (κ1) is 13.9. The Bertz CT molecular complexity index is 434. The maximum atomic E-state index is 11.4. The predicted molar refractivity (Wildman–Crippen MR) is 75.3 cm³/mol. The van der Waals surface area contributed by atoms with Gasteiger partial charge in [-0.25, -0.2) is 0 Å². The van der Waals surface area contributed by atoms with Gasteiger partial charge in [-0.1, -0.05) is 18.2 Å². The molecular formula is C15H22N2O2. The Hall–Kier alpha value is -1.55. The molecule has 0 aliphatic carbocycles. The van der Waals surface area contributed by atoms with E-state index in [-0.39, 0.29) is 5.91 Å². The minimum absolute atomic E-state index is 0.0628. The third-order valence-electron chi connectivity index (χ3n) is 3.53. The van der Waals surface area contributed by atoms with Gasteiger partial charge in [0.05, 0.1) is 13.2 Å². The van der Waals surface area contributed by atoms with Crippen LogP contribution in [0.1, 0.15) is 12.0 Å². The molecule has 0 unspecified atom stereocenters. The van der Waals surface area contributed by atoms with Crippen molar-refractivity contribution in [2.24, 2.45) is 5.92 Å². The summed E-state index contributed by atoms with van der Waals surface area (Å²) in [5.74, 6) is 1.62. The molecule has 0 saturated heterocycles. The molecule has 0 saturated carbocycles. The predicted octanol–water partition coefficient (Wildman–Crippen LogP) is 1.31. The quantitative estimate of drug-likeness (QED) is 0.889. The number of nitrogens with zero attached hydrogens (tertiary/aromatic N) is 1. The van der Waals surface area contributed by atoms with Crippen molar-refractivity contribution < 1.29 is 9.53 Å². The first-order valence-electron chi connectivity index (χ1n) is 6.79. The first-order chi connectivity index (χ1) is 9.19. The highest BCUT2D eigenvalue weighted by Gasteiger charge is 2.19. The summed E-state index contributed by atoms with van der Waals surface area (Å²) in [6.45, 7) is 2.14. The lowest BCUT2D eigenvalue weighted by Crippen LogP contribution is -2.36. The highest BCUT2D eigenvalue weighted by atomic mass is 16.5. The van der Waals surface area contributed by atoms with E-state index < -0.39 is 0 Å². The van der Waals surface area contributed by atoms with Crippen LogP contribution >= 0.6 is 0 Å². The summed E-state index contributed by atoms with van der Waals surface area (Å²) < 4.78 is 5.76. The number of hydrogen-bond donors (Lipinski definition) is 1. The SMILES string of the molecule is CNC(=O)CN(C)C[C@H]1CCOc2ccccc2C1. The Kier molecular flexibility index (Phi) is 4.80. The summed E-state index contributed by atoms with van der Waals surface area (Å²) >= 11 is 0. The van der Waals surface area contributed by atoms with E-state index in [1.165, 1.54) is 5.56 Å². The van der Waals surface area contributed by atoms with Gasteiger partial charge in [0.25, 0.3) is 0 Å². The first-order valence-corrected chi connectivity index (χ1v) is 6.79. The number of nitrogens with one attached hydrogen (secondary N) is 1. The largest absolute Gasteiger partial charge is 0.493 e. The summed E-state index contributed by atoms with van der Waals surface area (Å²) in [6, 6.07) is 8.23. The average Bonchev–Trinajstić information content (AvgIpc) is 2.59. The lowest BCUT2D eigenvalue weighted by Gasteiger charge is -2.21. The highest BCUT2D eigenvalue weighted by molar-refractivity contribution is 5.77. The molecule has 0 bridgehead atoms. The van der Waals surface area contributed by atoms with Gasteiger partial charge in [0, 0.05) is 13.6 Å². The molecule has 1 atom stereocenters. The Morgan fingerprint density at radius 3 is 3.05 bits per heavy atom. The number of ether oxygens (including phenoxy) is 1. The smallest absolute Gasteiger partial charge is 0.233 e. The maximum absolute atomic E-state index is 11.4. The number of para-hydroxylation sites is 1. The molecule has 1 aromatic carbocycles. The van der Waals surface area contributed by atoms with Gasteiger partial charge in [0.15, 0.2) is 0 Å². The van der Waals surface area contributed by atoms with Crippen LogP contribution in [-0.4, -0.2) is 44.6 Å². The fourth-order valence-electron chi connectivity index (χ4n) is 2.55. The standard InChI is InChI=1S/C15H22N2O2/c1-16-15(18)11-17(2)10-12-7-8-19-14-6-4-3-5-13(14)9-12/h3-6,12H,7-11H2,1-2H3,(H,16,18)/t12-/m0/s1. The highest BCUT2D eigenvalue weighted by Crippen LogP contribution is 2.26. The molecule has 4 heteroatoms. The van der Waals surface area contributed by atoms with Crippen LogP contribution in [0.2, 0.25) is 0 Å². The van der Waals surface area contributed by atoms with Crippen molar-refractivity contribution in [1.82, 2.24) is 10.2 Å². The second-order valence-electron chi connectivity index (χ2n) is 5.18. The molecule has 1 aromatic rings. The Labute approximate surface area is 114 Å². The van der Waals surface area contributed by atoms with E-state index in [0.29, 0.717) is 12.5 Å². The van der Waals surface area contributed by atoms with Gasteiger partial charge in [0.2, 0.25) is 5.91 Å². The molecule has 1 heterocycles. The molecule has 1 aliphatic heterocycles. The number of likely N-dealkylation sites (N-methyl/N-ethyl adjacent to an activating group) is 2. The molecule has 1 aliphatic rings. The monoisotopic (exact) mass is 262 g/mol. The normalized spacial score (nSPS) is 18.4. The van der Waals surface area contributed by atoms with Gasteiger partial charge >= 0.3 is 0 Å². The molecule has 2 rings (SSSR count). The number of amides is 1. The van der Waals surface area contributed by atoms with Crippen LogP contribution in [0.4, 0.5) is 0 Å². The number of hydrogen-bond acceptors (Lipinski definition) is 3. The van der Waals surface area contributed by atoms with Gasteiger partial charge in [-0.15, -0.1) is 0 Å².